The van der Waals surface area contributed by atoms with Gasteiger partial charge in [0.2, 0.25) is 0 Å². The lowest BCUT2D eigenvalue weighted by Gasteiger charge is -1.91. The van der Waals surface area contributed by atoms with Gasteiger partial charge < -0.3 is 0 Å². The van der Waals surface area contributed by atoms with Crippen molar-refractivity contribution in [3.63, 3.8) is 0 Å². The molecule has 1 rings (SSSR count). The molecule has 0 nitrogen and oxygen atoms in total. The van der Waals surface area contributed by atoms with E-state index in [4.69, 9.17) is 0 Å². The van der Waals surface area contributed by atoms with Crippen LogP contribution < -0.4 is 0 Å². The molecule has 0 heteroatoms. The zero-order valence-corrected chi connectivity index (χ0v) is 8.86. The summed E-state index contributed by atoms with van der Waals surface area (Å²) in [4.78, 5) is 0. The van der Waals surface area contributed by atoms with Gasteiger partial charge in [0, 0.05) is 0 Å². The Balaban J connectivity index is 2.34. The molecule has 0 unspecified atom stereocenters. The van der Waals surface area contributed by atoms with E-state index in [1.54, 1.807) is 0 Å². The lowest BCUT2D eigenvalue weighted by atomic mass is 10.2. The van der Waals surface area contributed by atoms with Crippen LogP contribution >= 0.6 is 0 Å². The molecule has 0 saturated carbocycles. The Labute approximate surface area is 87.7 Å². The van der Waals surface area contributed by atoms with E-state index in [1.165, 1.54) is 32.1 Å². The highest BCUT2D eigenvalue weighted by molar-refractivity contribution is 5.05. The standard InChI is InChI=1S/C14H20/c1-2-4-6-8-10-12-14-13-11-9-7-5-3-1/h1-4,7,9,12,14H,5-6,8,10-11,13H2/b3-1+,4-2-,9-7?,14-12+. The molecular formula is C14H20. The average molecular weight is 188 g/mol. The molecule has 0 heterocycles. The molecule has 0 N–H and O–H groups in total. The highest BCUT2D eigenvalue weighted by Crippen LogP contribution is 2.02. The van der Waals surface area contributed by atoms with E-state index >= 15 is 0 Å². The van der Waals surface area contributed by atoms with Crippen LogP contribution in [0.2, 0.25) is 0 Å². The van der Waals surface area contributed by atoms with Crippen molar-refractivity contribution in [2.45, 2.75) is 38.5 Å². The molecule has 0 spiro atoms. The topological polar surface area (TPSA) is 0 Å². The Kier molecular flexibility index (Phi) is 6.74. The molecule has 0 bridgehead atoms. The van der Waals surface area contributed by atoms with Gasteiger partial charge in [-0.2, -0.15) is 0 Å². The van der Waals surface area contributed by atoms with Crippen LogP contribution in [0.3, 0.4) is 0 Å². The zero-order chi connectivity index (χ0) is 9.90. The summed E-state index contributed by atoms with van der Waals surface area (Å²) in [7, 11) is 0. The van der Waals surface area contributed by atoms with E-state index in [1.807, 2.05) is 0 Å². The lowest BCUT2D eigenvalue weighted by Crippen LogP contribution is -1.71. The van der Waals surface area contributed by atoms with Crippen LogP contribution in [0.25, 0.3) is 0 Å². The Hall–Kier alpha value is -1.04. The highest BCUT2D eigenvalue weighted by Gasteiger charge is 1.81. The molecule has 1 aliphatic rings. The molecule has 0 aromatic rings. The van der Waals surface area contributed by atoms with Crippen molar-refractivity contribution in [2.24, 2.45) is 0 Å². The van der Waals surface area contributed by atoms with Gasteiger partial charge in [-0.3, -0.25) is 0 Å². The van der Waals surface area contributed by atoms with Crippen molar-refractivity contribution < 1.29 is 0 Å². The number of hydrogen-bond acceptors (Lipinski definition) is 0. The summed E-state index contributed by atoms with van der Waals surface area (Å²) < 4.78 is 0. The molecule has 0 fully saturated rings. The van der Waals surface area contributed by atoms with Crippen LogP contribution in [0, 0.1) is 0 Å². The molecule has 0 aromatic heterocycles. The van der Waals surface area contributed by atoms with Gasteiger partial charge >= 0.3 is 0 Å². The van der Waals surface area contributed by atoms with Gasteiger partial charge in [0.15, 0.2) is 0 Å². The van der Waals surface area contributed by atoms with Crippen LogP contribution in [0.1, 0.15) is 38.5 Å². The predicted molar refractivity (Wildman–Crippen MR) is 64.3 cm³/mol. The molecule has 76 valence electrons. The third kappa shape index (κ3) is 6.47. The first kappa shape index (κ1) is 11.0. The third-order valence-corrected chi connectivity index (χ3v) is 2.23. The summed E-state index contributed by atoms with van der Waals surface area (Å²) in [5, 5.41) is 0. The quantitative estimate of drug-likeness (QED) is 0.489. The second kappa shape index (κ2) is 8.55. The first-order chi connectivity index (χ1) is 7.00. The van der Waals surface area contributed by atoms with Crippen molar-refractivity contribution in [3.05, 3.63) is 48.6 Å². The normalized spacial score (nSPS) is 26.3. The van der Waals surface area contributed by atoms with Crippen molar-refractivity contribution in [1.29, 1.82) is 0 Å². The van der Waals surface area contributed by atoms with Gasteiger partial charge in [-0.1, -0.05) is 48.6 Å². The zero-order valence-electron chi connectivity index (χ0n) is 8.86. The van der Waals surface area contributed by atoms with E-state index in [9.17, 15) is 0 Å². The first-order valence-corrected chi connectivity index (χ1v) is 5.62. The first-order valence-electron chi connectivity index (χ1n) is 5.62. The largest absolute Gasteiger partial charge is 0.0885 e. The van der Waals surface area contributed by atoms with Gasteiger partial charge in [0.25, 0.3) is 0 Å². The number of hydrogen-bond donors (Lipinski definition) is 0. The minimum atomic E-state index is 1.06. The smallest absolute Gasteiger partial charge is 0.0166 e. The van der Waals surface area contributed by atoms with E-state index in [-0.39, 0.29) is 0 Å². The number of rotatable bonds is 0. The minimum Gasteiger partial charge on any atom is -0.0885 e. The maximum absolute atomic E-state index is 2.31. The van der Waals surface area contributed by atoms with Crippen molar-refractivity contribution >= 4 is 0 Å². The summed E-state index contributed by atoms with van der Waals surface area (Å²) >= 11 is 0. The molecule has 0 aromatic carbocycles. The van der Waals surface area contributed by atoms with Crippen LogP contribution in [-0.4, -0.2) is 0 Å². The fourth-order valence-corrected chi connectivity index (χ4v) is 1.41. The highest BCUT2D eigenvalue weighted by atomic mass is 13.9. The van der Waals surface area contributed by atoms with Gasteiger partial charge in [-0.25, -0.2) is 0 Å². The molecule has 0 atom stereocenters. The summed E-state index contributed by atoms with van der Waals surface area (Å²) in [6.45, 7) is 0. The van der Waals surface area contributed by atoms with Crippen LogP contribution in [0.5, 0.6) is 0 Å². The second-order valence-electron chi connectivity index (χ2n) is 3.54. The van der Waals surface area contributed by atoms with E-state index < -0.39 is 0 Å². The van der Waals surface area contributed by atoms with Crippen molar-refractivity contribution in [3.8, 4) is 0 Å². The molecule has 0 saturated heterocycles. The Morgan fingerprint density at radius 1 is 0.500 bits per heavy atom. The summed E-state index contributed by atoms with van der Waals surface area (Å²) in [5.74, 6) is 0. The maximum Gasteiger partial charge on any atom is -0.0166 e. The van der Waals surface area contributed by atoms with E-state index in [2.05, 4.69) is 48.6 Å². The van der Waals surface area contributed by atoms with Gasteiger partial charge in [-0.15, -0.1) is 0 Å². The average Bonchev–Trinajstić information content (AvgIpc) is 2.22. The molecule has 1 aliphatic carbocycles. The molecule has 0 amide bonds. The Bertz CT molecular complexity index is 228. The maximum atomic E-state index is 2.31. The SMILES string of the molecule is C1=CCC/C=C/CCC/C=C\C=C\C1. The van der Waals surface area contributed by atoms with Gasteiger partial charge in [-0.05, 0) is 38.5 Å². The van der Waals surface area contributed by atoms with Crippen LogP contribution in [-0.2, 0) is 0 Å². The second-order valence-corrected chi connectivity index (χ2v) is 3.54. The molecular weight excluding hydrogens is 168 g/mol. The van der Waals surface area contributed by atoms with E-state index in [0.29, 0.717) is 0 Å². The Morgan fingerprint density at radius 2 is 1.14 bits per heavy atom. The van der Waals surface area contributed by atoms with Gasteiger partial charge in [0.05, 0.1) is 0 Å². The minimum absolute atomic E-state index is 1.06. The number of allylic oxidation sites excluding steroid dienone is 8. The molecule has 14 heavy (non-hydrogen) atoms. The monoisotopic (exact) mass is 188 g/mol. The van der Waals surface area contributed by atoms with Crippen molar-refractivity contribution in [2.75, 3.05) is 0 Å². The fraction of sp³-hybridized carbons (Fsp3) is 0.429. The van der Waals surface area contributed by atoms with Crippen LogP contribution in [0.4, 0.5) is 0 Å². The van der Waals surface area contributed by atoms with Crippen LogP contribution in [0.15, 0.2) is 48.6 Å². The molecule has 0 aliphatic heterocycles. The predicted octanol–water partition coefficient (Wildman–Crippen LogP) is 4.57. The van der Waals surface area contributed by atoms with Gasteiger partial charge in [0.1, 0.15) is 0 Å². The summed E-state index contributed by atoms with van der Waals surface area (Å²) in [5.41, 5.74) is 0. The fourth-order valence-electron chi connectivity index (χ4n) is 1.41. The third-order valence-electron chi connectivity index (χ3n) is 2.23. The molecule has 0 radical (unpaired) electrons. The summed E-state index contributed by atoms with van der Waals surface area (Å²) in [6, 6.07) is 0. The lowest BCUT2D eigenvalue weighted by molar-refractivity contribution is 0.862. The summed E-state index contributed by atoms with van der Waals surface area (Å²) in [6.07, 6.45) is 25.0. The Morgan fingerprint density at radius 3 is 2.07 bits per heavy atom. The van der Waals surface area contributed by atoms with E-state index in [0.717, 1.165) is 6.42 Å². The van der Waals surface area contributed by atoms with Crippen molar-refractivity contribution in [1.82, 2.24) is 0 Å².